The van der Waals surface area contributed by atoms with Gasteiger partial charge in [0.1, 0.15) is 11.0 Å². The normalized spacial score (nSPS) is 10.6. The van der Waals surface area contributed by atoms with E-state index in [0.717, 1.165) is 11.1 Å². The van der Waals surface area contributed by atoms with Crippen LogP contribution in [0.5, 0.6) is 0 Å². The first-order valence-corrected chi connectivity index (χ1v) is 11.2. The van der Waals surface area contributed by atoms with Crippen molar-refractivity contribution in [2.24, 2.45) is 0 Å². The summed E-state index contributed by atoms with van der Waals surface area (Å²) in [5, 5.41) is 12.9. The fourth-order valence-electron chi connectivity index (χ4n) is 3.51. The highest BCUT2D eigenvalue weighted by molar-refractivity contribution is 6.33. The molecular formula is C26H23ClFN5O2. The SMILES string of the molecule is Cc1ccc(NC(=O)Nc2ccccc2)cc1NC(=O)c1c(C)nn(Cc2ccc(F)cc2)c1Cl. The first-order chi connectivity index (χ1) is 16.8. The highest BCUT2D eigenvalue weighted by Gasteiger charge is 2.21. The highest BCUT2D eigenvalue weighted by Crippen LogP contribution is 2.25. The molecule has 0 bridgehead atoms. The lowest BCUT2D eigenvalue weighted by atomic mass is 10.1. The maximum absolute atomic E-state index is 13.2. The summed E-state index contributed by atoms with van der Waals surface area (Å²) in [6, 6.07) is 19.9. The molecule has 1 aromatic heterocycles. The summed E-state index contributed by atoms with van der Waals surface area (Å²) >= 11 is 6.49. The monoisotopic (exact) mass is 491 g/mol. The molecule has 3 amide bonds. The molecular weight excluding hydrogens is 469 g/mol. The highest BCUT2D eigenvalue weighted by atomic mass is 35.5. The molecule has 9 heteroatoms. The average Bonchev–Trinajstić information content (AvgIpc) is 3.10. The quantitative estimate of drug-likeness (QED) is 0.298. The number of carbonyl (C=O) groups is 2. The predicted octanol–water partition coefficient (Wildman–Crippen LogP) is 6.24. The maximum atomic E-state index is 13.2. The molecule has 0 saturated heterocycles. The van der Waals surface area contributed by atoms with E-state index in [2.05, 4.69) is 21.0 Å². The van der Waals surface area contributed by atoms with Gasteiger partial charge >= 0.3 is 6.03 Å². The van der Waals surface area contributed by atoms with E-state index in [-0.39, 0.29) is 16.5 Å². The van der Waals surface area contributed by atoms with Gasteiger partial charge in [0.25, 0.3) is 5.91 Å². The Labute approximate surface area is 206 Å². The molecule has 0 aliphatic rings. The van der Waals surface area contributed by atoms with Crippen molar-refractivity contribution in [1.29, 1.82) is 0 Å². The molecule has 0 radical (unpaired) electrons. The second kappa shape index (κ2) is 10.4. The topological polar surface area (TPSA) is 88.1 Å². The van der Waals surface area contributed by atoms with Gasteiger partial charge in [-0.3, -0.25) is 4.79 Å². The Morgan fingerprint density at radius 2 is 1.60 bits per heavy atom. The number of nitrogens with one attached hydrogen (secondary N) is 3. The van der Waals surface area contributed by atoms with Crippen LogP contribution in [0.25, 0.3) is 0 Å². The van der Waals surface area contributed by atoms with Crippen molar-refractivity contribution in [3.8, 4) is 0 Å². The Kier molecular flexibility index (Phi) is 7.12. The Bertz CT molecular complexity index is 1370. The number of carbonyl (C=O) groups excluding carboxylic acids is 2. The zero-order chi connectivity index (χ0) is 24.9. The van der Waals surface area contributed by atoms with E-state index in [4.69, 9.17) is 11.6 Å². The van der Waals surface area contributed by atoms with Crippen LogP contribution in [0.1, 0.15) is 27.2 Å². The second-order valence-corrected chi connectivity index (χ2v) is 8.32. The Morgan fingerprint density at radius 1 is 0.914 bits per heavy atom. The van der Waals surface area contributed by atoms with Gasteiger partial charge in [-0.25, -0.2) is 13.9 Å². The Hall–Kier alpha value is -4.17. The van der Waals surface area contributed by atoms with Crippen molar-refractivity contribution in [2.75, 3.05) is 16.0 Å². The van der Waals surface area contributed by atoms with Crippen LogP contribution in [0, 0.1) is 19.7 Å². The molecule has 0 aliphatic heterocycles. The molecule has 0 saturated carbocycles. The first kappa shape index (κ1) is 24.0. The van der Waals surface area contributed by atoms with Gasteiger partial charge in [-0.05, 0) is 61.4 Å². The van der Waals surface area contributed by atoms with Crippen LogP contribution >= 0.6 is 11.6 Å². The fourth-order valence-corrected chi connectivity index (χ4v) is 3.83. The number of aromatic nitrogens is 2. The number of anilines is 3. The zero-order valence-corrected chi connectivity index (χ0v) is 19.9. The average molecular weight is 492 g/mol. The van der Waals surface area contributed by atoms with E-state index in [9.17, 15) is 14.0 Å². The van der Waals surface area contributed by atoms with Crippen LogP contribution in [-0.4, -0.2) is 21.7 Å². The maximum Gasteiger partial charge on any atom is 0.323 e. The van der Waals surface area contributed by atoms with Gasteiger partial charge in [-0.1, -0.05) is 48.0 Å². The molecule has 3 N–H and O–H groups in total. The summed E-state index contributed by atoms with van der Waals surface area (Å²) in [7, 11) is 0. The lowest BCUT2D eigenvalue weighted by Crippen LogP contribution is -2.20. The summed E-state index contributed by atoms with van der Waals surface area (Å²) in [5.74, 6) is -0.756. The number of urea groups is 1. The summed E-state index contributed by atoms with van der Waals surface area (Å²) in [6.45, 7) is 3.83. The zero-order valence-electron chi connectivity index (χ0n) is 19.1. The number of aryl methyl sites for hydroxylation is 2. The Morgan fingerprint density at radius 3 is 2.31 bits per heavy atom. The fraction of sp³-hybridized carbons (Fsp3) is 0.115. The summed E-state index contributed by atoms with van der Waals surface area (Å²) in [4.78, 5) is 25.4. The van der Waals surface area contributed by atoms with Crippen molar-refractivity contribution in [3.63, 3.8) is 0 Å². The smallest absolute Gasteiger partial charge is 0.322 e. The third-order valence-corrected chi connectivity index (χ3v) is 5.70. The number of para-hydroxylation sites is 1. The van der Waals surface area contributed by atoms with Gasteiger partial charge < -0.3 is 16.0 Å². The Balaban J connectivity index is 1.48. The molecule has 178 valence electrons. The van der Waals surface area contributed by atoms with Crippen LogP contribution in [0.4, 0.5) is 26.2 Å². The first-order valence-electron chi connectivity index (χ1n) is 10.8. The lowest BCUT2D eigenvalue weighted by Gasteiger charge is -2.12. The molecule has 1 heterocycles. The summed E-state index contributed by atoms with van der Waals surface area (Å²) < 4.78 is 14.7. The largest absolute Gasteiger partial charge is 0.323 e. The van der Waals surface area contributed by atoms with Gasteiger partial charge in [0, 0.05) is 17.1 Å². The molecule has 3 aromatic carbocycles. The van der Waals surface area contributed by atoms with Crippen molar-refractivity contribution in [1.82, 2.24) is 9.78 Å². The number of halogens is 2. The van der Waals surface area contributed by atoms with Gasteiger partial charge in [0.2, 0.25) is 0 Å². The molecule has 0 unspecified atom stereocenters. The minimum Gasteiger partial charge on any atom is -0.322 e. The van der Waals surface area contributed by atoms with Gasteiger partial charge in [-0.2, -0.15) is 5.10 Å². The summed E-state index contributed by atoms with van der Waals surface area (Å²) in [6.07, 6.45) is 0. The van der Waals surface area contributed by atoms with Crippen molar-refractivity contribution < 1.29 is 14.0 Å². The number of benzene rings is 3. The molecule has 35 heavy (non-hydrogen) atoms. The number of rotatable bonds is 6. The van der Waals surface area contributed by atoms with E-state index in [1.807, 2.05) is 25.1 Å². The van der Waals surface area contributed by atoms with E-state index in [0.29, 0.717) is 29.3 Å². The molecule has 7 nitrogen and oxygen atoms in total. The van der Waals surface area contributed by atoms with Crippen molar-refractivity contribution >= 4 is 40.6 Å². The van der Waals surface area contributed by atoms with Gasteiger partial charge in [0.05, 0.1) is 17.8 Å². The number of nitrogens with zero attached hydrogens (tertiary/aromatic N) is 2. The van der Waals surface area contributed by atoms with Crippen molar-refractivity contribution in [2.45, 2.75) is 20.4 Å². The number of hydrogen-bond donors (Lipinski definition) is 3. The second-order valence-electron chi connectivity index (χ2n) is 7.96. The molecule has 0 fully saturated rings. The third kappa shape index (κ3) is 5.85. The minimum absolute atomic E-state index is 0.179. The van der Waals surface area contributed by atoms with E-state index in [1.54, 1.807) is 49.4 Å². The number of amides is 3. The van der Waals surface area contributed by atoms with Crippen LogP contribution in [0.3, 0.4) is 0 Å². The third-order valence-electron chi connectivity index (χ3n) is 5.31. The minimum atomic E-state index is -0.424. The van der Waals surface area contributed by atoms with E-state index >= 15 is 0 Å². The van der Waals surface area contributed by atoms with Crippen LogP contribution in [0.15, 0.2) is 72.8 Å². The number of hydrogen-bond acceptors (Lipinski definition) is 3. The molecule has 0 aliphatic carbocycles. The van der Waals surface area contributed by atoms with E-state index < -0.39 is 11.9 Å². The van der Waals surface area contributed by atoms with Crippen molar-refractivity contribution in [3.05, 3.63) is 106 Å². The lowest BCUT2D eigenvalue weighted by molar-refractivity contribution is 0.102. The predicted molar refractivity (Wildman–Crippen MR) is 136 cm³/mol. The standard InChI is InChI=1S/C26H23ClFN5O2/c1-16-8-13-21(30-26(35)29-20-6-4-3-5-7-20)14-22(16)31-25(34)23-17(2)32-33(24(23)27)15-18-9-11-19(28)12-10-18/h3-14H,15H2,1-2H3,(H,31,34)(H2,29,30,35). The van der Waals surface area contributed by atoms with Gasteiger partial charge in [-0.15, -0.1) is 0 Å². The molecule has 4 aromatic rings. The van der Waals surface area contributed by atoms with Gasteiger partial charge in [0.15, 0.2) is 0 Å². The molecule has 0 atom stereocenters. The van der Waals surface area contributed by atoms with Crippen LogP contribution in [0.2, 0.25) is 5.15 Å². The summed E-state index contributed by atoms with van der Waals surface area (Å²) in [5.41, 5.74) is 4.00. The van der Waals surface area contributed by atoms with E-state index in [1.165, 1.54) is 16.8 Å². The molecule has 0 spiro atoms. The van der Waals surface area contributed by atoms with Crippen LogP contribution < -0.4 is 16.0 Å². The molecule has 4 rings (SSSR count). The van der Waals surface area contributed by atoms with Crippen LogP contribution in [-0.2, 0) is 6.54 Å².